The van der Waals surface area contributed by atoms with Gasteiger partial charge in [0.2, 0.25) is 0 Å². The van der Waals surface area contributed by atoms with Gasteiger partial charge in [-0.3, -0.25) is 0 Å². The fourth-order valence-electron chi connectivity index (χ4n) is 1.38. The van der Waals surface area contributed by atoms with Crippen molar-refractivity contribution >= 4 is 0 Å². The number of hydrogen-bond acceptors (Lipinski definition) is 5. The molecule has 5 heteroatoms. The molecule has 5 nitrogen and oxygen atoms in total. The van der Waals surface area contributed by atoms with Crippen molar-refractivity contribution in [2.45, 2.75) is 59.0 Å². The molecule has 0 amide bonds. The van der Waals surface area contributed by atoms with Crippen molar-refractivity contribution in [1.29, 1.82) is 0 Å². The monoisotopic (exact) mass is 304 g/mol. The first kappa shape index (κ1) is 20.5. The molecule has 0 rings (SSSR count). The van der Waals surface area contributed by atoms with Crippen molar-refractivity contribution in [2.75, 3.05) is 33.0 Å². The molecular weight excluding hydrogens is 272 g/mol. The average molecular weight is 304 g/mol. The Kier molecular flexibility index (Phi) is 11.9. The third-order valence-electron chi connectivity index (χ3n) is 2.72. The Morgan fingerprint density at radius 3 is 1.57 bits per heavy atom. The zero-order chi connectivity index (χ0) is 16.3. The maximum absolute atomic E-state index is 8.86. The van der Waals surface area contributed by atoms with Gasteiger partial charge in [0.1, 0.15) is 0 Å². The smallest absolute Gasteiger partial charge is 0.0785 e. The van der Waals surface area contributed by atoms with Gasteiger partial charge in [0, 0.05) is 0 Å². The number of aliphatic hydroxyl groups is 1. The van der Waals surface area contributed by atoms with E-state index < -0.39 is 0 Å². The van der Waals surface area contributed by atoms with Crippen molar-refractivity contribution in [1.82, 2.24) is 0 Å². The Labute approximate surface area is 129 Å². The van der Waals surface area contributed by atoms with E-state index in [0.29, 0.717) is 26.4 Å². The molecule has 1 N–H and O–H groups in total. The normalized spacial score (nSPS) is 17.2. The highest BCUT2D eigenvalue weighted by molar-refractivity contribution is 4.87. The van der Waals surface area contributed by atoms with E-state index in [0.717, 1.165) is 5.57 Å². The lowest BCUT2D eigenvalue weighted by Gasteiger charge is -2.21. The van der Waals surface area contributed by atoms with Crippen molar-refractivity contribution in [2.24, 2.45) is 0 Å². The second kappa shape index (κ2) is 12.1. The van der Waals surface area contributed by atoms with Crippen LogP contribution in [0.15, 0.2) is 12.2 Å². The van der Waals surface area contributed by atoms with Crippen molar-refractivity contribution in [3.63, 3.8) is 0 Å². The second-order valence-corrected chi connectivity index (χ2v) is 5.69. The fourth-order valence-corrected chi connectivity index (χ4v) is 1.38. The summed E-state index contributed by atoms with van der Waals surface area (Å²) in [7, 11) is 0. The zero-order valence-electron chi connectivity index (χ0n) is 14.1. The minimum atomic E-state index is -0.156. The molecule has 0 aromatic heterocycles. The zero-order valence-corrected chi connectivity index (χ0v) is 14.1. The first-order valence-corrected chi connectivity index (χ1v) is 7.56. The molecule has 21 heavy (non-hydrogen) atoms. The van der Waals surface area contributed by atoms with Gasteiger partial charge in [-0.15, -0.1) is 0 Å². The van der Waals surface area contributed by atoms with E-state index in [2.05, 4.69) is 6.58 Å². The van der Waals surface area contributed by atoms with Crippen molar-refractivity contribution in [3.8, 4) is 0 Å². The molecular formula is C16H32O5. The molecule has 0 radical (unpaired) electrons. The quantitative estimate of drug-likeness (QED) is 0.529. The lowest BCUT2D eigenvalue weighted by atomic mass is 10.3. The highest BCUT2D eigenvalue weighted by atomic mass is 16.6. The van der Waals surface area contributed by atoms with Gasteiger partial charge in [0.25, 0.3) is 0 Å². The molecule has 4 unspecified atom stereocenters. The van der Waals surface area contributed by atoms with Gasteiger partial charge < -0.3 is 24.1 Å². The second-order valence-electron chi connectivity index (χ2n) is 5.69. The standard InChI is InChI=1S/C16H32O5/c1-12(2)8-18-14(4)10-20-16(6)11-21-15(5)9-19-13(3)7-17/h13-17H,1,7-11H2,2-6H3. The van der Waals surface area contributed by atoms with Crippen LogP contribution in [-0.2, 0) is 18.9 Å². The van der Waals surface area contributed by atoms with Gasteiger partial charge in [0.05, 0.1) is 57.5 Å². The minimum absolute atomic E-state index is 0.00130. The van der Waals surface area contributed by atoms with Crippen LogP contribution in [0, 0.1) is 0 Å². The highest BCUT2D eigenvalue weighted by Crippen LogP contribution is 2.02. The van der Waals surface area contributed by atoms with E-state index in [1.807, 2.05) is 34.6 Å². The van der Waals surface area contributed by atoms with Crippen molar-refractivity contribution < 1.29 is 24.1 Å². The van der Waals surface area contributed by atoms with Crippen LogP contribution in [0.1, 0.15) is 34.6 Å². The molecule has 0 aliphatic heterocycles. The van der Waals surface area contributed by atoms with E-state index in [4.69, 9.17) is 24.1 Å². The summed E-state index contributed by atoms with van der Waals surface area (Å²) in [6.07, 6.45) is -0.146. The molecule has 4 atom stereocenters. The summed E-state index contributed by atoms with van der Waals surface area (Å²) in [6, 6.07) is 0. The molecule has 0 fully saturated rings. The predicted octanol–water partition coefficient (Wildman–Crippen LogP) is 2.18. The lowest BCUT2D eigenvalue weighted by molar-refractivity contribution is -0.0876. The Hall–Kier alpha value is -0.460. The average Bonchev–Trinajstić information content (AvgIpc) is 2.45. The Morgan fingerprint density at radius 2 is 1.19 bits per heavy atom. The SMILES string of the molecule is C=C(C)COC(C)COC(C)COC(C)COC(C)CO. The van der Waals surface area contributed by atoms with E-state index >= 15 is 0 Å². The molecule has 0 spiro atoms. The maximum atomic E-state index is 8.86. The number of aliphatic hydroxyl groups excluding tert-OH is 1. The van der Waals surface area contributed by atoms with E-state index in [9.17, 15) is 0 Å². The van der Waals surface area contributed by atoms with Crippen LogP contribution in [0.5, 0.6) is 0 Å². The Balaban J connectivity index is 3.64. The summed E-state index contributed by atoms with van der Waals surface area (Å²) < 4.78 is 22.3. The summed E-state index contributed by atoms with van der Waals surface area (Å²) in [6.45, 7) is 15.5. The van der Waals surface area contributed by atoms with Crippen LogP contribution in [0.25, 0.3) is 0 Å². The summed E-state index contributed by atoms with van der Waals surface area (Å²) in [5.74, 6) is 0. The van der Waals surface area contributed by atoms with Crippen LogP contribution in [0.4, 0.5) is 0 Å². The van der Waals surface area contributed by atoms with Gasteiger partial charge in [-0.2, -0.15) is 0 Å². The van der Waals surface area contributed by atoms with Gasteiger partial charge in [-0.1, -0.05) is 12.2 Å². The summed E-state index contributed by atoms with van der Waals surface area (Å²) in [5.41, 5.74) is 1.00. The van der Waals surface area contributed by atoms with Gasteiger partial charge in [0.15, 0.2) is 0 Å². The summed E-state index contributed by atoms with van der Waals surface area (Å²) in [4.78, 5) is 0. The summed E-state index contributed by atoms with van der Waals surface area (Å²) >= 11 is 0. The molecule has 0 aliphatic carbocycles. The summed E-state index contributed by atoms with van der Waals surface area (Å²) in [5, 5.41) is 8.86. The Bertz CT molecular complexity index is 269. The van der Waals surface area contributed by atoms with E-state index in [1.165, 1.54) is 0 Å². The van der Waals surface area contributed by atoms with Gasteiger partial charge in [-0.25, -0.2) is 0 Å². The first-order valence-electron chi connectivity index (χ1n) is 7.56. The third kappa shape index (κ3) is 13.0. The van der Waals surface area contributed by atoms with Crippen LogP contribution in [0.3, 0.4) is 0 Å². The van der Waals surface area contributed by atoms with Gasteiger partial charge in [-0.05, 0) is 34.6 Å². The van der Waals surface area contributed by atoms with E-state index in [-0.39, 0.29) is 31.0 Å². The fraction of sp³-hybridized carbons (Fsp3) is 0.875. The molecule has 0 saturated carbocycles. The van der Waals surface area contributed by atoms with Crippen LogP contribution >= 0.6 is 0 Å². The van der Waals surface area contributed by atoms with Gasteiger partial charge >= 0.3 is 0 Å². The molecule has 0 bridgehead atoms. The number of ether oxygens (including phenoxy) is 4. The van der Waals surface area contributed by atoms with Crippen LogP contribution < -0.4 is 0 Å². The highest BCUT2D eigenvalue weighted by Gasteiger charge is 2.11. The minimum Gasteiger partial charge on any atom is -0.394 e. The molecule has 0 aliphatic rings. The lowest BCUT2D eigenvalue weighted by Crippen LogP contribution is -2.28. The molecule has 0 saturated heterocycles. The van der Waals surface area contributed by atoms with Crippen LogP contribution in [-0.4, -0.2) is 62.6 Å². The number of rotatable bonds is 13. The van der Waals surface area contributed by atoms with Crippen LogP contribution in [0.2, 0.25) is 0 Å². The molecule has 0 aromatic carbocycles. The third-order valence-corrected chi connectivity index (χ3v) is 2.72. The largest absolute Gasteiger partial charge is 0.394 e. The van der Waals surface area contributed by atoms with E-state index in [1.54, 1.807) is 0 Å². The number of hydrogen-bond donors (Lipinski definition) is 1. The molecule has 126 valence electrons. The first-order chi connectivity index (χ1) is 9.85. The predicted molar refractivity (Wildman–Crippen MR) is 83.6 cm³/mol. The molecule has 0 heterocycles. The molecule has 0 aromatic rings. The maximum Gasteiger partial charge on any atom is 0.0785 e. The topological polar surface area (TPSA) is 57.2 Å². The Morgan fingerprint density at radius 1 is 0.810 bits per heavy atom. The van der Waals surface area contributed by atoms with Crippen molar-refractivity contribution in [3.05, 3.63) is 12.2 Å².